The Kier molecular flexibility index (Phi) is 8.05. The monoisotopic (exact) mass is 539 g/mol. The van der Waals surface area contributed by atoms with E-state index in [1.165, 1.54) is 0 Å². The highest BCUT2D eigenvalue weighted by molar-refractivity contribution is 6.10. The minimum Gasteiger partial charge on any atom is -0.394 e. The van der Waals surface area contributed by atoms with Crippen molar-refractivity contribution in [3.05, 3.63) is 95.7 Å². The number of benzene rings is 3. The molecule has 40 heavy (non-hydrogen) atoms. The molecule has 7 heteroatoms. The third kappa shape index (κ3) is 5.15. The molecular weight excluding hydrogens is 502 g/mol. The highest BCUT2D eigenvalue weighted by Crippen LogP contribution is 2.38. The third-order valence-electron chi connectivity index (χ3n) is 8.05. The fourth-order valence-corrected chi connectivity index (χ4v) is 5.68. The predicted molar refractivity (Wildman–Crippen MR) is 157 cm³/mol. The van der Waals surface area contributed by atoms with Crippen LogP contribution in [0.1, 0.15) is 40.3 Å². The van der Waals surface area contributed by atoms with Crippen molar-refractivity contribution in [1.29, 1.82) is 0 Å². The number of hydrogen-bond acceptors (Lipinski definition) is 4. The van der Waals surface area contributed by atoms with Gasteiger partial charge in [0.15, 0.2) is 0 Å². The molecule has 7 nitrogen and oxygen atoms in total. The number of rotatable bonds is 5. The van der Waals surface area contributed by atoms with Crippen molar-refractivity contribution in [2.75, 3.05) is 26.7 Å². The number of carbonyl (C=O) groups excluding carboxylic acids is 2. The van der Waals surface area contributed by atoms with E-state index in [4.69, 9.17) is 4.74 Å². The first-order valence-corrected chi connectivity index (χ1v) is 13.8. The van der Waals surface area contributed by atoms with Gasteiger partial charge in [0.2, 0.25) is 0 Å². The smallest absolute Gasteiger partial charge is 0.271 e. The first kappa shape index (κ1) is 27.6. The highest BCUT2D eigenvalue weighted by atomic mass is 16.5. The van der Waals surface area contributed by atoms with Crippen molar-refractivity contribution < 1.29 is 19.4 Å². The molecule has 0 unspecified atom stereocenters. The van der Waals surface area contributed by atoms with Crippen molar-refractivity contribution in [3.63, 3.8) is 0 Å². The topological polar surface area (TPSA) is 75.0 Å². The van der Waals surface area contributed by atoms with Gasteiger partial charge in [0, 0.05) is 55.1 Å². The van der Waals surface area contributed by atoms with E-state index < -0.39 is 6.04 Å². The maximum absolute atomic E-state index is 14.4. The van der Waals surface area contributed by atoms with Crippen molar-refractivity contribution in [3.8, 4) is 11.1 Å². The second-order valence-corrected chi connectivity index (χ2v) is 10.8. The molecule has 0 saturated heterocycles. The molecule has 1 aliphatic heterocycles. The zero-order valence-corrected chi connectivity index (χ0v) is 23.6. The normalized spacial score (nSPS) is 18.5. The summed E-state index contributed by atoms with van der Waals surface area (Å²) in [6.45, 7) is 4.82. The Balaban J connectivity index is 1.60. The molecule has 0 fully saturated rings. The van der Waals surface area contributed by atoms with Crippen LogP contribution in [-0.4, -0.2) is 70.2 Å². The first-order valence-electron chi connectivity index (χ1n) is 13.8. The lowest BCUT2D eigenvalue weighted by atomic mass is 9.96. The van der Waals surface area contributed by atoms with Gasteiger partial charge in [-0.2, -0.15) is 0 Å². The largest absolute Gasteiger partial charge is 0.394 e. The Bertz CT molecular complexity index is 1510. The van der Waals surface area contributed by atoms with Gasteiger partial charge in [-0.15, -0.1) is 0 Å². The van der Waals surface area contributed by atoms with Crippen LogP contribution in [-0.2, 0) is 18.4 Å². The number of fused-ring (bicyclic) bond motifs is 5. The van der Waals surface area contributed by atoms with Crippen molar-refractivity contribution >= 4 is 22.7 Å². The highest BCUT2D eigenvalue weighted by Gasteiger charge is 2.34. The maximum atomic E-state index is 14.4. The molecule has 3 aromatic carbocycles. The third-order valence-corrected chi connectivity index (χ3v) is 8.05. The van der Waals surface area contributed by atoms with E-state index in [1.54, 1.807) is 16.8 Å². The zero-order chi connectivity index (χ0) is 28.4. The number of hydrogen-bond donors (Lipinski definition) is 1. The Morgan fingerprint density at radius 2 is 1.73 bits per heavy atom. The van der Waals surface area contributed by atoms with E-state index in [2.05, 4.69) is 0 Å². The summed E-state index contributed by atoms with van der Waals surface area (Å²) in [6.07, 6.45) is -0.343. The van der Waals surface area contributed by atoms with Gasteiger partial charge in [0.1, 0.15) is 5.69 Å². The van der Waals surface area contributed by atoms with Crippen LogP contribution in [0.4, 0.5) is 0 Å². The average molecular weight is 540 g/mol. The second-order valence-electron chi connectivity index (χ2n) is 10.8. The number of para-hydroxylation sites is 1. The molecule has 1 aliphatic rings. The molecule has 1 aromatic heterocycles. The van der Waals surface area contributed by atoms with E-state index >= 15 is 0 Å². The van der Waals surface area contributed by atoms with Crippen LogP contribution in [0.15, 0.2) is 78.9 Å². The Labute approximate surface area is 235 Å². The standard InChI is InChI=1S/C33H37N3O4/c1-22-18-36(23(2)20-37)33(39)31-30(27-16-10-11-17-28(27)35(31)4)26-15-9-8-14-25(26)21-40-29(22)19-34(3)32(38)24-12-6-5-7-13-24/h5-17,22-23,29,37H,18-21H2,1-4H3/t22-,23-,29+/m1/s1. The Morgan fingerprint density at radius 1 is 1.05 bits per heavy atom. The van der Waals surface area contributed by atoms with Gasteiger partial charge in [-0.25, -0.2) is 0 Å². The summed E-state index contributed by atoms with van der Waals surface area (Å²) in [6, 6.07) is 24.9. The van der Waals surface area contributed by atoms with Crippen LogP contribution < -0.4 is 0 Å². The number of carbonyl (C=O) groups is 2. The van der Waals surface area contributed by atoms with E-state index in [-0.39, 0.29) is 30.4 Å². The molecule has 2 heterocycles. The molecule has 0 saturated carbocycles. The van der Waals surface area contributed by atoms with E-state index in [0.717, 1.165) is 27.6 Å². The van der Waals surface area contributed by atoms with Crippen LogP contribution in [0.5, 0.6) is 0 Å². The van der Waals surface area contributed by atoms with Gasteiger partial charge < -0.3 is 24.2 Å². The fourth-order valence-electron chi connectivity index (χ4n) is 5.68. The molecule has 0 aliphatic carbocycles. The number of likely N-dealkylation sites (N-methyl/N-ethyl adjacent to an activating group) is 1. The number of aryl methyl sites for hydroxylation is 1. The van der Waals surface area contributed by atoms with Crippen LogP contribution >= 0.6 is 0 Å². The molecule has 3 atom stereocenters. The average Bonchev–Trinajstić information content (AvgIpc) is 3.28. The second kappa shape index (κ2) is 11.7. The van der Waals surface area contributed by atoms with Gasteiger partial charge in [-0.3, -0.25) is 9.59 Å². The summed E-state index contributed by atoms with van der Waals surface area (Å²) < 4.78 is 8.57. The number of aromatic nitrogens is 1. The summed E-state index contributed by atoms with van der Waals surface area (Å²) in [4.78, 5) is 31.0. The first-order chi connectivity index (χ1) is 19.3. The summed E-state index contributed by atoms with van der Waals surface area (Å²) in [5.74, 6) is -0.333. The minimum atomic E-state index is -0.402. The summed E-state index contributed by atoms with van der Waals surface area (Å²) in [7, 11) is 3.71. The lowest BCUT2D eigenvalue weighted by Gasteiger charge is -2.35. The SMILES string of the molecule is C[C@@H]1CN([C@H](C)CO)C(=O)c2c(c3ccccc3n2C)-c2ccccc2CO[C@H]1CN(C)C(=O)c1ccccc1. The number of amides is 2. The maximum Gasteiger partial charge on any atom is 0.271 e. The molecule has 4 aromatic rings. The van der Waals surface area contributed by atoms with E-state index in [0.29, 0.717) is 31.0 Å². The Hall–Kier alpha value is -3.94. The summed E-state index contributed by atoms with van der Waals surface area (Å²) >= 11 is 0. The number of ether oxygens (including phenoxy) is 1. The summed E-state index contributed by atoms with van der Waals surface area (Å²) in [5, 5.41) is 11.2. The van der Waals surface area contributed by atoms with Gasteiger partial charge >= 0.3 is 0 Å². The van der Waals surface area contributed by atoms with Crippen molar-refractivity contribution in [2.45, 2.75) is 32.6 Å². The zero-order valence-electron chi connectivity index (χ0n) is 23.6. The molecule has 208 valence electrons. The quantitative estimate of drug-likeness (QED) is 0.388. The van der Waals surface area contributed by atoms with Gasteiger partial charge in [0.05, 0.1) is 25.4 Å². The number of nitrogens with zero attached hydrogens (tertiary/aromatic N) is 3. The lowest BCUT2D eigenvalue weighted by Crippen LogP contribution is -2.48. The van der Waals surface area contributed by atoms with Crippen molar-refractivity contribution in [1.82, 2.24) is 14.4 Å². The van der Waals surface area contributed by atoms with Crippen LogP contribution in [0.2, 0.25) is 0 Å². The van der Waals surface area contributed by atoms with E-state index in [1.807, 2.05) is 104 Å². The molecule has 5 rings (SSSR count). The van der Waals surface area contributed by atoms with Crippen LogP contribution in [0.3, 0.4) is 0 Å². The van der Waals surface area contributed by atoms with Gasteiger partial charge in [-0.1, -0.05) is 67.6 Å². The molecule has 0 spiro atoms. The van der Waals surface area contributed by atoms with Crippen molar-refractivity contribution in [2.24, 2.45) is 13.0 Å². The Morgan fingerprint density at radius 3 is 2.48 bits per heavy atom. The summed E-state index contributed by atoms with van der Waals surface area (Å²) in [5.41, 5.74) is 4.98. The molecule has 1 N–H and O–H groups in total. The van der Waals surface area contributed by atoms with Gasteiger partial charge in [0.25, 0.3) is 11.8 Å². The molecule has 0 bridgehead atoms. The molecular formula is C33H37N3O4. The number of aliphatic hydroxyl groups is 1. The predicted octanol–water partition coefficient (Wildman–Crippen LogP) is 4.98. The molecule has 0 radical (unpaired) electrons. The minimum absolute atomic E-state index is 0.0818. The van der Waals surface area contributed by atoms with Gasteiger partial charge in [-0.05, 0) is 36.2 Å². The molecule has 2 amide bonds. The fraction of sp³-hybridized carbons (Fsp3) is 0.333. The van der Waals surface area contributed by atoms with Crippen LogP contribution in [0, 0.1) is 5.92 Å². The van der Waals surface area contributed by atoms with Crippen LogP contribution in [0.25, 0.3) is 22.0 Å². The van der Waals surface area contributed by atoms with E-state index in [9.17, 15) is 14.7 Å². The lowest BCUT2D eigenvalue weighted by molar-refractivity contribution is -0.0210. The number of aliphatic hydroxyl groups excluding tert-OH is 1.